The molecule has 8 nitrogen and oxygen atoms in total. The van der Waals surface area contributed by atoms with Crippen molar-refractivity contribution in [1.29, 1.82) is 0 Å². The number of methoxy groups -OCH3 is 3. The Balaban J connectivity index is 2.33. The van der Waals surface area contributed by atoms with E-state index in [2.05, 4.69) is 14.5 Å². The molecule has 1 fully saturated rings. The van der Waals surface area contributed by atoms with Crippen LogP contribution in [0.4, 0.5) is 0 Å². The van der Waals surface area contributed by atoms with E-state index in [0.717, 1.165) is 45.4 Å². The van der Waals surface area contributed by atoms with Crippen LogP contribution < -0.4 is 0 Å². The van der Waals surface area contributed by atoms with Crippen LogP contribution in [-0.4, -0.2) is 88.3 Å². The van der Waals surface area contributed by atoms with E-state index in [0.29, 0.717) is 38.3 Å². The van der Waals surface area contributed by atoms with E-state index in [-0.39, 0.29) is 17.9 Å². The van der Waals surface area contributed by atoms with Crippen molar-refractivity contribution in [2.24, 2.45) is 5.92 Å². The first kappa shape index (κ1) is 23.4. The van der Waals surface area contributed by atoms with Gasteiger partial charge in [0.2, 0.25) is 0 Å². The van der Waals surface area contributed by atoms with Gasteiger partial charge in [-0.05, 0) is 44.8 Å². The third kappa shape index (κ3) is 10.3. The van der Waals surface area contributed by atoms with Crippen LogP contribution in [0.1, 0.15) is 38.5 Å². The summed E-state index contributed by atoms with van der Waals surface area (Å²) in [6.45, 7) is 4.76. The molecule has 0 saturated carbocycles. The number of carbonyl (C=O) groups excluding carboxylic acids is 3. The predicted octanol–water partition coefficient (Wildman–Crippen LogP) is 1.08. The molecule has 0 N–H and O–H groups in total. The highest BCUT2D eigenvalue weighted by molar-refractivity contribution is 5.70. The molecule has 1 rings (SSSR count). The number of likely N-dealkylation sites (tertiary alicyclic amines) is 1. The van der Waals surface area contributed by atoms with Gasteiger partial charge in [-0.2, -0.15) is 0 Å². The molecule has 1 aliphatic heterocycles. The molecule has 1 saturated heterocycles. The fourth-order valence-corrected chi connectivity index (χ4v) is 3.25. The minimum absolute atomic E-state index is 0.163. The van der Waals surface area contributed by atoms with Crippen molar-refractivity contribution >= 4 is 17.9 Å². The van der Waals surface area contributed by atoms with Crippen molar-refractivity contribution < 1.29 is 28.6 Å². The molecule has 0 aromatic carbocycles. The molecule has 0 atom stereocenters. The quantitative estimate of drug-likeness (QED) is 0.364. The van der Waals surface area contributed by atoms with E-state index >= 15 is 0 Å². The Labute approximate surface area is 162 Å². The molecule has 0 radical (unpaired) electrons. The smallest absolute Gasteiger partial charge is 0.306 e. The fraction of sp³-hybridized carbons (Fsp3) is 0.842. The molecule has 156 valence electrons. The average Bonchev–Trinajstić information content (AvgIpc) is 2.71. The van der Waals surface area contributed by atoms with E-state index in [4.69, 9.17) is 9.47 Å². The minimum atomic E-state index is -0.239. The zero-order valence-electron chi connectivity index (χ0n) is 16.9. The second-order valence-electron chi connectivity index (χ2n) is 6.89. The molecule has 1 heterocycles. The van der Waals surface area contributed by atoms with Gasteiger partial charge in [0.15, 0.2) is 0 Å². The number of ether oxygens (including phenoxy) is 3. The van der Waals surface area contributed by atoms with Gasteiger partial charge in [0, 0.05) is 19.6 Å². The van der Waals surface area contributed by atoms with Crippen molar-refractivity contribution in [2.75, 3.05) is 60.6 Å². The molecular weight excluding hydrogens is 352 g/mol. The number of hydrogen-bond donors (Lipinski definition) is 0. The van der Waals surface area contributed by atoms with Crippen LogP contribution in [0.2, 0.25) is 0 Å². The molecule has 0 bridgehead atoms. The summed E-state index contributed by atoms with van der Waals surface area (Å²) in [7, 11) is 4.19. The number of esters is 3. The van der Waals surface area contributed by atoms with Gasteiger partial charge in [-0.3, -0.25) is 14.4 Å². The van der Waals surface area contributed by atoms with E-state index in [9.17, 15) is 14.4 Å². The molecule has 0 aromatic rings. The standard InChI is InChI=1S/C19H34N2O6/c1-25-17(22)7-13-20-10-4-16(5-11-20)6-12-21(14-8-18(23)26-2)15-9-19(24)27-3/h16H,4-15H2,1-3H3. The Morgan fingerprint density at radius 1 is 0.815 bits per heavy atom. The maximum absolute atomic E-state index is 11.4. The Kier molecular flexibility index (Phi) is 11.7. The van der Waals surface area contributed by atoms with Crippen molar-refractivity contribution in [3.05, 3.63) is 0 Å². The monoisotopic (exact) mass is 386 g/mol. The van der Waals surface area contributed by atoms with Crippen LogP contribution >= 0.6 is 0 Å². The summed E-state index contributed by atoms with van der Waals surface area (Å²) >= 11 is 0. The van der Waals surface area contributed by atoms with Gasteiger partial charge < -0.3 is 24.0 Å². The summed E-state index contributed by atoms with van der Waals surface area (Å²) in [5, 5.41) is 0. The molecular formula is C19H34N2O6. The zero-order valence-corrected chi connectivity index (χ0v) is 16.9. The summed E-state index contributed by atoms with van der Waals surface area (Å²) in [4.78, 5) is 38.5. The number of piperidine rings is 1. The third-order valence-corrected chi connectivity index (χ3v) is 5.14. The van der Waals surface area contributed by atoms with Gasteiger partial charge in [-0.25, -0.2) is 0 Å². The fourth-order valence-electron chi connectivity index (χ4n) is 3.25. The van der Waals surface area contributed by atoms with Crippen LogP contribution in [0.5, 0.6) is 0 Å². The van der Waals surface area contributed by atoms with E-state index in [1.165, 1.54) is 21.3 Å². The third-order valence-electron chi connectivity index (χ3n) is 5.14. The molecule has 8 heteroatoms. The molecule has 1 aliphatic rings. The van der Waals surface area contributed by atoms with E-state index in [1.807, 2.05) is 0 Å². The molecule has 0 aromatic heterocycles. The molecule has 0 unspecified atom stereocenters. The van der Waals surface area contributed by atoms with Gasteiger partial charge in [0.1, 0.15) is 0 Å². The first-order valence-electron chi connectivity index (χ1n) is 9.63. The van der Waals surface area contributed by atoms with Gasteiger partial charge in [0.05, 0.1) is 40.6 Å². The Bertz CT molecular complexity index is 443. The Morgan fingerprint density at radius 3 is 1.78 bits per heavy atom. The maximum Gasteiger partial charge on any atom is 0.306 e. The number of carbonyl (C=O) groups is 3. The summed E-state index contributed by atoms with van der Waals surface area (Å²) in [6.07, 6.45) is 4.32. The highest BCUT2D eigenvalue weighted by atomic mass is 16.5. The molecule has 0 amide bonds. The lowest BCUT2D eigenvalue weighted by Gasteiger charge is -2.33. The summed E-state index contributed by atoms with van der Waals surface area (Å²) in [6, 6.07) is 0. The second kappa shape index (κ2) is 13.5. The number of hydrogen-bond acceptors (Lipinski definition) is 8. The van der Waals surface area contributed by atoms with Gasteiger partial charge in [-0.15, -0.1) is 0 Å². The van der Waals surface area contributed by atoms with Crippen LogP contribution in [0.25, 0.3) is 0 Å². The summed E-state index contributed by atoms with van der Waals surface area (Å²) in [5.41, 5.74) is 0. The maximum atomic E-state index is 11.4. The Hall–Kier alpha value is -1.67. The van der Waals surface area contributed by atoms with Gasteiger partial charge in [0.25, 0.3) is 0 Å². The molecule has 27 heavy (non-hydrogen) atoms. The van der Waals surface area contributed by atoms with Gasteiger partial charge in [-0.1, -0.05) is 0 Å². The largest absolute Gasteiger partial charge is 0.469 e. The lowest BCUT2D eigenvalue weighted by molar-refractivity contribution is -0.142. The van der Waals surface area contributed by atoms with E-state index < -0.39 is 0 Å². The van der Waals surface area contributed by atoms with Crippen LogP contribution in [0.15, 0.2) is 0 Å². The van der Waals surface area contributed by atoms with Crippen molar-refractivity contribution in [2.45, 2.75) is 38.5 Å². The average molecular weight is 386 g/mol. The minimum Gasteiger partial charge on any atom is -0.469 e. The SMILES string of the molecule is COC(=O)CCN(CCC(=O)OC)CCC1CCN(CCC(=O)OC)CC1. The molecule has 0 aliphatic carbocycles. The lowest BCUT2D eigenvalue weighted by atomic mass is 9.93. The van der Waals surface area contributed by atoms with E-state index in [1.54, 1.807) is 0 Å². The van der Waals surface area contributed by atoms with Crippen molar-refractivity contribution in [3.63, 3.8) is 0 Å². The van der Waals surface area contributed by atoms with Crippen molar-refractivity contribution in [3.8, 4) is 0 Å². The van der Waals surface area contributed by atoms with Crippen LogP contribution in [0, 0.1) is 5.92 Å². The highest BCUT2D eigenvalue weighted by Crippen LogP contribution is 2.21. The number of rotatable bonds is 12. The zero-order chi connectivity index (χ0) is 20.1. The van der Waals surface area contributed by atoms with Crippen LogP contribution in [0.3, 0.4) is 0 Å². The molecule has 0 spiro atoms. The van der Waals surface area contributed by atoms with Crippen LogP contribution in [-0.2, 0) is 28.6 Å². The number of nitrogens with zero attached hydrogens (tertiary/aromatic N) is 2. The first-order valence-corrected chi connectivity index (χ1v) is 9.63. The first-order chi connectivity index (χ1) is 13.0. The highest BCUT2D eigenvalue weighted by Gasteiger charge is 2.21. The summed E-state index contributed by atoms with van der Waals surface area (Å²) < 4.78 is 14.1. The Morgan fingerprint density at radius 2 is 1.30 bits per heavy atom. The lowest BCUT2D eigenvalue weighted by Crippen LogP contribution is -2.37. The van der Waals surface area contributed by atoms with Gasteiger partial charge >= 0.3 is 17.9 Å². The summed E-state index contributed by atoms with van der Waals surface area (Å²) in [5.74, 6) is -0.0175. The second-order valence-corrected chi connectivity index (χ2v) is 6.89. The predicted molar refractivity (Wildman–Crippen MR) is 100 cm³/mol. The normalized spacial score (nSPS) is 15.6. The van der Waals surface area contributed by atoms with Crippen molar-refractivity contribution in [1.82, 2.24) is 9.80 Å². The topological polar surface area (TPSA) is 85.4 Å².